The molecule has 0 radical (unpaired) electrons. The summed E-state index contributed by atoms with van der Waals surface area (Å²) in [6, 6.07) is 17.2. The lowest BCUT2D eigenvalue weighted by Gasteiger charge is -2.26. The Morgan fingerprint density at radius 2 is 1.63 bits per heavy atom. The molecular formula is C16H19BrN2. The highest BCUT2D eigenvalue weighted by Crippen LogP contribution is 2.32. The number of hydrogen-bond acceptors (Lipinski definition) is 2. The van der Waals surface area contributed by atoms with Gasteiger partial charge in [-0.15, -0.1) is 0 Å². The number of nitrogens with zero attached hydrogens (tertiary/aromatic N) is 1. The van der Waals surface area contributed by atoms with Crippen molar-refractivity contribution in [1.29, 1.82) is 0 Å². The molecule has 0 aliphatic heterocycles. The lowest BCUT2D eigenvalue weighted by molar-refractivity contribution is 0.341. The van der Waals surface area contributed by atoms with E-state index >= 15 is 0 Å². The maximum Gasteiger partial charge on any atom is 0.0607 e. The number of benzene rings is 2. The van der Waals surface area contributed by atoms with Crippen LogP contribution in [0.1, 0.15) is 17.2 Å². The van der Waals surface area contributed by atoms with Crippen molar-refractivity contribution in [2.24, 2.45) is 0 Å². The Bertz CT molecular complexity index is 535. The van der Waals surface area contributed by atoms with Crippen LogP contribution in [0, 0.1) is 0 Å². The summed E-state index contributed by atoms with van der Waals surface area (Å²) in [5, 5.41) is 3.15. The summed E-state index contributed by atoms with van der Waals surface area (Å²) in [4.78, 5) is 2.23. The quantitative estimate of drug-likeness (QED) is 0.911. The van der Waals surface area contributed by atoms with Crippen LogP contribution < -0.4 is 5.32 Å². The molecule has 1 atom stereocenters. The molecule has 2 rings (SSSR count). The normalized spacial score (nSPS) is 12.5. The van der Waals surface area contributed by atoms with Gasteiger partial charge in [0.25, 0.3) is 0 Å². The molecule has 19 heavy (non-hydrogen) atoms. The van der Waals surface area contributed by atoms with Gasteiger partial charge in [-0.25, -0.2) is 0 Å². The van der Waals surface area contributed by atoms with Crippen LogP contribution in [0.2, 0.25) is 0 Å². The molecule has 0 aromatic heterocycles. The largest absolute Gasteiger partial charge is 0.388 e. The molecule has 2 aromatic carbocycles. The van der Waals surface area contributed by atoms with E-state index in [1.54, 1.807) is 0 Å². The summed E-state index contributed by atoms with van der Waals surface area (Å²) in [7, 11) is 6.15. The highest BCUT2D eigenvalue weighted by atomic mass is 79.9. The van der Waals surface area contributed by atoms with Gasteiger partial charge in [0.1, 0.15) is 0 Å². The third-order valence-corrected chi connectivity index (χ3v) is 3.95. The first-order valence-electron chi connectivity index (χ1n) is 6.32. The van der Waals surface area contributed by atoms with Crippen molar-refractivity contribution in [2.45, 2.75) is 6.04 Å². The summed E-state index contributed by atoms with van der Waals surface area (Å²) in [5.74, 6) is 0. The zero-order chi connectivity index (χ0) is 13.8. The average Bonchev–Trinajstić information content (AvgIpc) is 2.42. The maximum absolute atomic E-state index is 3.65. The molecule has 0 fully saturated rings. The Morgan fingerprint density at radius 1 is 1.00 bits per heavy atom. The topological polar surface area (TPSA) is 15.3 Å². The Kier molecular flexibility index (Phi) is 4.61. The van der Waals surface area contributed by atoms with Gasteiger partial charge in [0.2, 0.25) is 0 Å². The highest BCUT2D eigenvalue weighted by molar-refractivity contribution is 9.10. The van der Waals surface area contributed by atoms with Gasteiger partial charge in [-0.1, -0.05) is 46.3 Å². The van der Waals surface area contributed by atoms with Crippen molar-refractivity contribution in [3.05, 3.63) is 64.1 Å². The monoisotopic (exact) mass is 318 g/mol. The van der Waals surface area contributed by atoms with E-state index in [0.29, 0.717) is 0 Å². The molecule has 0 aliphatic carbocycles. The zero-order valence-electron chi connectivity index (χ0n) is 11.5. The van der Waals surface area contributed by atoms with Crippen molar-refractivity contribution in [3.8, 4) is 0 Å². The van der Waals surface area contributed by atoms with Gasteiger partial charge in [-0.05, 0) is 43.4 Å². The van der Waals surface area contributed by atoms with E-state index in [1.807, 2.05) is 13.1 Å². The Labute approximate surface area is 123 Å². The third kappa shape index (κ3) is 3.17. The first-order chi connectivity index (χ1) is 9.13. The number of halogens is 1. The summed E-state index contributed by atoms with van der Waals surface area (Å²) in [6.07, 6.45) is 0. The molecular weight excluding hydrogens is 300 g/mol. The van der Waals surface area contributed by atoms with Crippen molar-refractivity contribution in [1.82, 2.24) is 4.90 Å². The van der Waals surface area contributed by atoms with E-state index in [4.69, 9.17) is 0 Å². The van der Waals surface area contributed by atoms with Crippen molar-refractivity contribution in [2.75, 3.05) is 26.5 Å². The molecule has 0 saturated heterocycles. The van der Waals surface area contributed by atoms with E-state index in [-0.39, 0.29) is 6.04 Å². The molecule has 0 bridgehead atoms. The number of rotatable bonds is 4. The fraction of sp³-hybridized carbons (Fsp3) is 0.250. The van der Waals surface area contributed by atoms with Crippen LogP contribution in [0.3, 0.4) is 0 Å². The predicted octanol–water partition coefficient (Wildman–Crippen LogP) is 4.14. The summed E-state index contributed by atoms with van der Waals surface area (Å²) < 4.78 is 1.14. The van der Waals surface area contributed by atoms with Crippen LogP contribution in [0.25, 0.3) is 0 Å². The van der Waals surface area contributed by atoms with Crippen LogP contribution in [-0.4, -0.2) is 26.0 Å². The minimum Gasteiger partial charge on any atom is -0.388 e. The molecule has 0 saturated carbocycles. The number of nitrogens with one attached hydrogen (secondary N) is 1. The summed E-state index contributed by atoms with van der Waals surface area (Å²) in [5.41, 5.74) is 3.70. The molecule has 0 amide bonds. The smallest absolute Gasteiger partial charge is 0.0607 e. The number of anilines is 1. The SMILES string of the molecule is CNc1ccc(C(c2ccccc2Br)N(C)C)cc1. The summed E-state index contributed by atoms with van der Waals surface area (Å²) in [6.45, 7) is 0. The van der Waals surface area contributed by atoms with Gasteiger partial charge < -0.3 is 5.32 Å². The zero-order valence-corrected chi connectivity index (χ0v) is 13.1. The second-order valence-corrected chi connectivity index (χ2v) is 5.61. The van der Waals surface area contributed by atoms with Gasteiger partial charge in [-0.3, -0.25) is 4.90 Å². The standard InChI is InChI=1S/C16H19BrN2/c1-18-13-10-8-12(9-11-13)16(19(2)3)14-6-4-5-7-15(14)17/h4-11,16,18H,1-3H3. The predicted molar refractivity (Wildman–Crippen MR) is 85.7 cm³/mol. The Morgan fingerprint density at radius 3 is 2.16 bits per heavy atom. The summed E-state index contributed by atoms with van der Waals surface area (Å²) >= 11 is 3.65. The van der Waals surface area contributed by atoms with Gasteiger partial charge in [0.05, 0.1) is 6.04 Å². The average molecular weight is 319 g/mol. The molecule has 0 heterocycles. The Balaban J connectivity index is 2.43. The van der Waals surface area contributed by atoms with Crippen LogP contribution in [0.5, 0.6) is 0 Å². The van der Waals surface area contributed by atoms with Crippen LogP contribution in [0.15, 0.2) is 53.0 Å². The van der Waals surface area contributed by atoms with Crippen molar-refractivity contribution >= 4 is 21.6 Å². The van der Waals surface area contributed by atoms with Crippen LogP contribution >= 0.6 is 15.9 Å². The second-order valence-electron chi connectivity index (χ2n) is 4.76. The van der Waals surface area contributed by atoms with E-state index < -0.39 is 0 Å². The maximum atomic E-state index is 3.65. The van der Waals surface area contributed by atoms with Gasteiger partial charge >= 0.3 is 0 Å². The highest BCUT2D eigenvalue weighted by Gasteiger charge is 2.18. The van der Waals surface area contributed by atoms with Gasteiger partial charge in [0, 0.05) is 17.2 Å². The molecule has 1 N–H and O–H groups in total. The molecule has 2 nitrogen and oxygen atoms in total. The van der Waals surface area contributed by atoms with E-state index in [9.17, 15) is 0 Å². The number of hydrogen-bond donors (Lipinski definition) is 1. The molecule has 3 heteroatoms. The molecule has 0 spiro atoms. The van der Waals surface area contributed by atoms with E-state index in [0.717, 1.165) is 10.2 Å². The van der Waals surface area contributed by atoms with Crippen molar-refractivity contribution in [3.63, 3.8) is 0 Å². The van der Waals surface area contributed by atoms with Crippen molar-refractivity contribution < 1.29 is 0 Å². The third-order valence-electron chi connectivity index (χ3n) is 3.23. The van der Waals surface area contributed by atoms with E-state index in [1.165, 1.54) is 11.1 Å². The second kappa shape index (κ2) is 6.22. The fourth-order valence-electron chi connectivity index (χ4n) is 2.28. The minimum atomic E-state index is 0.251. The molecule has 1 unspecified atom stereocenters. The van der Waals surface area contributed by atoms with E-state index in [2.05, 4.69) is 82.7 Å². The fourth-order valence-corrected chi connectivity index (χ4v) is 2.79. The Hall–Kier alpha value is -1.32. The first-order valence-corrected chi connectivity index (χ1v) is 7.11. The molecule has 100 valence electrons. The lowest BCUT2D eigenvalue weighted by atomic mass is 9.97. The van der Waals surface area contributed by atoms with Gasteiger partial charge in [-0.2, -0.15) is 0 Å². The minimum absolute atomic E-state index is 0.251. The first kappa shape index (κ1) is 14.1. The molecule has 0 aliphatic rings. The molecule has 2 aromatic rings. The lowest BCUT2D eigenvalue weighted by Crippen LogP contribution is -2.21. The van der Waals surface area contributed by atoms with Crippen LogP contribution in [0.4, 0.5) is 5.69 Å². The van der Waals surface area contributed by atoms with Crippen LogP contribution in [-0.2, 0) is 0 Å². The van der Waals surface area contributed by atoms with Gasteiger partial charge in [0.15, 0.2) is 0 Å².